The Kier molecular flexibility index (Phi) is 4.79. The zero-order valence-corrected chi connectivity index (χ0v) is 17.1. The number of aromatic nitrogens is 2. The largest absolute Gasteiger partial charge is 0.325 e. The van der Waals surface area contributed by atoms with Crippen molar-refractivity contribution < 1.29 is 13.2 Å². The zero-order chi connectivity index (χ0) is 19.9. The van der Waals surface area contributed by atoms with Crippen LogP contribution in [-0.4, -0.2) is 54.1 Å². The van der Waals surface area contributed by atoms with Crippen molar-refractivity contribution in [3.05, 3.63) is 47.3 Å². The third-order valence-electron chi connectivity index (χ3n) is 5.87. The molecular formula is C20H26N4O3S. The molecule has 150 valence electrons. The van der Waals surface area contributed by atoms with E-state index in [0.717, 1.165) is 49.3 Å². The quantitative estimate of drug-likeness (QED) is 0.823. The molecule has 0 radical (unpaired) electrons. The van der Waals surface area contributed by atoms with Crippen molar-refractivity contribution in [2.45, 2.75) is 38.3 Å². The van der Waals surface area contributed by atoms with Crippen LogP contribution in [0.1, 0.15) is 29.5 Å². The molecule has 0 unspecified atom stereocenters. The number of anilines is 1. The molecule has 2 aliphatic rings. The van der Waals surface area contributed by atoms with Crippen LogP contribution in [0.2, 0.25) is 0 Å². The number of hydrogen-bond donors (Lipinski definition) is 1. The predicted octanol–water partition coefficient (Wildman–Crippen LogP) is 1.72. The fourth-order valence-corrected chi connectivity index (χ4v) is 4.76. The van der Waals surface area contributed by atoms with Crippen molar-refractivity contribution >= 4 is 21.4 Å². The van der Waals surface area contributed by atoms with E-state index < -0.39 is 15.3 Å². The Morgan fingerprint density at radius 1 is 1.25 bits per heavy atom. The summed E-state index contributed by atoms with van der Waals surface area (Å²) in [7, 11) is -3.00. The van der Waals surface area contributed by atoms with Crippen molar-refractivity contribution in [1.82, 2.24) is 14.7 Å². The van der Waals surface area contributed by atoms with Gasteiger partial charge in [0.15, 0.2) is 0 Å². The summed E-state index contributed by atoms with van der Waals surface area (Å²) in [5, 5.41) is 7.33. The van der Waals surface area contributed by atoms with Gasteiger partial charge in [0.25, 0.3) is 0 Å². The molecule has 3 heterocycles. The van der Waals surface area contributed by atoms with E-state index in [9.17, 15) is 13.2 Å². The number of aryl methyl sites for hydroxylation is 2. The van der Waals surface area contributed by atoms with Gasteiger partial charge in [0, 0.05) is 30.2 Å². The predicted molar refractivity (Wildman–Crippen MR) is 108 cm³/mol. The van der Waals surface area contributed by atoms with Gasteiger partial charge in [-0.1, -0.05) is 17.7 Å². The lowest BCUT2D eigenvalue weighted by Gasteiger charge is -2.38. The minimum absolute atomic E-state index is 0.0916. The molecule has 1 spiro atoms. The molecule has 2 aromatic rings. The zero-order valence-electron chi connectivity index (χ0n) is 16.3. The Hall–Kier alpha value is -2.19. The highest BCUT2D eigenvalue weighted by Crippen LogP contribution is 2.45. The Bertz CT molecular complexity index is 1000. The molecule has 1 N–H and O–H groups in total. The fourth-order valence-electron chi connectivity index (χ4n) is 4.24. The molecule has 7 nitrogen and oxygen atoms in total. The second-order valence-corrected chi connectivity index (χ2v) is 10.4. The molecule has 1 aromatic heterocycles. The molecule has 1 saturated heterocycles. The van der Waals surface area contributed by atoms with E-state index in [4.69, 9.17) is 0 Å². The summed E-state index contributed by atoms with van der Waals surface area (Å²) in [4.78, 5) is 15.1. The van der Waals surface area contributed by atoms with Gasteiger partial charge in [-0.15, -0.1) is 0 Å². The maximum absolute atomic E-state index is 12.7. The molecule has 4 rings (SSSR count). The van der Waals surface area contributed by atoms with Crippen LogP contribution in [0.15, 0.2) is 30.6 Å². The van der Waals surface area contributed by atoms with E-state index in [1.807, 2.05) is 18.3 Å². The molecule has 8 heteroatoms. The maximum Gasteiger partial charge on any atom is 0.235 e. The lowest BCUT2D eigenvalue weighted by molar-refractivity contribution is -0.122. The standard InChI is InChI=1S/C20H26N4O3S/c1-15-3-4-18-17(11-15)20(19(25)22-18)5-7-23(8-6-20)13-16-12-21-24(14-16)9-10-28(2,26)27/h3-4,11-12,14H,5-10,13H2,1-2H3,(H,22,25). The van der Waals surface area contributed by atoms with Crippen molar-refractivity contribution in [3.63, 3.8) is 0 Å². The fraction of sp³-hybridized carbons (Fsp3) is 0.500. The number of fused-ring (bicyclic) bond motifs is 2. The summed E-state index contributed by atoms with van der Waals surface area (Å²) in [5.74, 6) is 0.218. The number of nitrogens with one attached hydrogen (secondary N) is 1. The number of likely N-dealkylation sites (tertiary alicyclic amines) is 1. The summed E-state index contributed by atoms with van der Waals surface area (Å²) in [6.07, 6.45) is 6.55. The van der Waals surface area contributed by atoms with Crippen molar-refractivity contribution in [2.24, 2.45) is 0 Å². The summed E-state index contributed by atoms with van der Waals surface area (Å²) in [6, 6.07) is 6.19. The van der Waals surface area contributed by atoms with Gasteiger partial charge in [-0.25, -0.2) is 8.42 Å². The monoisotopic (exact) mass is 402 g/mol. The molecule has 1 fully saturated rings. The number of piperidine rings is 1. The summed E-state index contributed by atoms with van der Waals surface area (Å²) in [5.41, 5.74) is 3.94. The van der Waals surface area contributed by atoms with Crippen molar-refractivity contribution in [1.29, 1.82) is 0 Å². The Morgan fingerprint density at radius 2 is 2.00 bits per heavy atom. The number of carbonyl (C=O) groups is 1. The highest BCUT2D eigenvalue weighted by molar-refractivity contribution is 7.90. The second-order valence-electron chi connectivity index (χ2n) is 8.10. The first kappa shape index (κ1) is 19.1. The first-order chi connectivity index (χ1) is 13.2. The lowest BCUT2D eigenvalue weighted by Crippen LogP contribution is -2.46. The van der Waals surface area contributed by atoms with E-state index in [-0.39, 0.29) is 11.7 Å². The average molecular weight is 403 g/mol. The number of nitrogens with zero attached hydrogens (tertiary/aromatic N) is 3. The maximum atomic E-state index is 12.7. The second kappa shape index (κ2) is 7.00. The summed E-state index contributed by atoms with van der Waals surface area (Å²) >= 11 is 0. The van der Waals surface area contributed by atoms with Gasteiger partial charge in [-0.3, -0.25) is 14.4 Å². The van der Waals surface area contributed by atoms with Crippen molar-refractivity contribution in [3.8, 4) is 0 Å². The topological polar surface area (TPSA) is 84.3 Å². The third-order valence-corrected chi connectivity index (χ3v) is 6.79. The number of benzene rings is 1. The molecule has 0 aliphatic carbocycles. The Labute approximate surface area is 165 Å². The molecule has 1 aromatic carbocycles. The van der Waals surface area contributed by atoms with Gasteiger partial charge in [0.05, 0.1) is 23.9 Å². The number of hydrogen-bond acceptors (Lipinski definition) is 5. The SMILES string of the molecule is Cc1ccc2c(c1)C1(CCN(Cc3cnn(CCS(C)(=O)=O)c3)CC1)C(=O)N2. The van der Waals surface area contributed by atoms with Gasteiger partial charge in [0.2, 0.25) is 5.91 Å². The third kappa shape index (κ3) is 3.71. The van der Waals surface area contributed by atoms with Crippen molar-refractivity contribution in [2.75, 3.05) is 30.4 Å². The van der Waals surface area contributed by atoms with Crippen LogP contribution in [0, 0.1) is 6.92 Å². The van der Waals surface area contributed by atoms with E-state index in [0.29, 0.717) is 6.54 Å². The highest BCUT2D eigenvalue weighted by Gasteiger charge is 2.48. The number of sulfone groups is 1. The number of rotatable bonds is 5. The first-order valence-electron chi connectivity index (χ1n) is 9.59. The Balaban J connectivity index is 1.40. The highest BCUT2D eigenvalue weighted by atomic mass is 32.2. The molecule has 0 saturated carbocycles. The van der Waals surface area contributed by atoms with E-state index in [2.05, 4.69) is 28.3 Å². The normalized spacial score (nSPS) is 19.0. The molecule has 28 heavy (non-hydrogen) atoms. The molecular weight excluding hydrogens is 376 g/mol. The van der Waals surface area contributed by atoms with E-state index >= 15 is 0 Å². The smallest absolute Gasteiger partial charge is 0.235 e. The van der Waals surface area contributed by atoms with Crippen LogP contribution in [0.4, 0.5) is 5.69 Å². The summed E-state index contributed by atoms with van der Waals surface area (Å²) < 4.78 is 24.3. The Morgan fingerprint density at radius 3 is 2.71 bits per heavy atom. The van der Waals surface area contributed by atoms with Crippen LogP contribution in [-0.2, 0) is 33.1 Å². The van der Waals surface area contributed by atoms with Crippen LogP contribution < -0.4 is 5.32 Å². The van der Waals surface area contributed by atoms with Gasteiger partial charge in [0.1, 0.15) is 9.84 Å². The molecule has 2 aliphatic heterocycles. The van der Waals surface area contributed by atoms with Crippen LogP contribution in [0.25, 0.3) is 0 Å². The van der Waals surface area contributed by atoms with Crippen LogP contribution >= 0.6 is 0 Å². The first-order valence-corrected chi connectivity index (χ1v) is 11.7. The lowest BCUT2D eigenvalue weighted by atomic mass is 9.73. The minimum atomic E-state index is -3.00. The molecule has 0 bridgehead atoms. The van der Waals surface area contributed by atoms with Crippen LogP contribution in [0.5, 0.6) is 0 Å². The number of amides is 1. The van der Waals surface area contributed by atoms with Gasteiger partial charge in [-0.2, -0.15) is 5.10 Å². The minimum Gasteiger partial charge on any atom is -0.325 e. The average Bonchev–Trinajstić information content (AvgIpc) is 3.18. The molecule has 1 amide bonds. The van der Waals surface area contributed by atoms with Gasteiger partial charge in [-0.05, 0) is 44.5 Å². The molecule has 0 atom stereocenters. The van der Waals surface area contributed by atoms with Crippen LogP contribution in [0.3, 0.4) is 0 Å². The van der Waals surface area contributed by atoms with E-state index in [1.54, 1.807) is 10.9 Å². The van der Waals surface area contributed by atoms with E-state index in [1.165, 1.54) is 11.8 Å². The van der Waals surface area contributed by atoms with Gasteiger partial charge >= 0.3 is 0 Å². The summed E-state index contributed by atoms with van der Waals surface area (Å²) in [6.45, 7) is 4.88. The number of carbonyl (C=O) groups excluding carboxylic acids is 1. The van der Waals surface area contributed by atoms with Gasteiger partial charge < -0.3 is 5.32 Å².